The molecule has 22 heavy (non-hydrogen) atoms. The highest BCUT2D eigenvalue weighted by molar-refractivity contribution is 5.81. The zero-order valence-corrected chi connectivity index (χ0v) is 11.8. The van der Waals surface area contributed by atoms with Crippen molar-refractivity contribution in [1.29, 1.82) is 0 Å². The molecule has 4 unspecified atom stereocenters. The number of carbonyl (C=O) groups excluding carboxylic acids is 1. The summed E-state index contributed by atoms with van der Waals surface area (Å²) in [5, 5.41) is 19.3. The van der Waals surface area contributed by atoms with E-state index in [0.29, 0.717) is 0 Å². The number of carbonyl (C=O) groups is 2. The van der Waals surface area contributed by atoms with Gasteiger partial charge in [0.25, 0.3) is 0 Å². The van der Waals surface area contributed by atoms with Gasteiger partial charge in [-0.05, 0) is 5.56 Å². The molecule has 6 heteroatoms. The lowest BCUT2D eigenvalue weighted by Gasteiger charge is -2.25. The van der Waals surface area contributed by atoms with E-state index in [2.05, 4.69) is 0 Å². The van der Waals surface area contributed by atoms with Gasteiger partial charge in [0, 0.05) is 18.4 Å². The lowest BCUT2D eigenvalue weighted by molar-refractivity contribution is -0.144. The summed E-state index contributed by atoms with van der Waals surface area (Å²) >= 11 is 0. The number of aliphatic hydroxyl groups excluding tert-OH is 1. The third-order valence-corrected chi connectivity index (χ3v) is 4.24. The van der Waals surface area contributed by atoms with E-state index in [1.54, 1.807) is 12.2 Å². The molecule has 2 N–H and O–H groups in total. The monoisotopic (exact) mass is 303 g/mol. The second-order valence-electron chi connectivity index (χ2n) is 5.59. The van der Waals surface area contributed by atoms with Gasteiger partial charge in [0.05, 0.1) is 6.10 Å². The van der Waals surface area contributed by atoms with Crippen LogP contribution in [0.25, 0.3) is 0 Å². The van der Waals surface area contributed by atoms with Crippen molar-refractivity contribution in [3.63, 3.8) is 0 Å². The van der Waals surface area contributed by atoms with Crippen LogP contribution in [0.4, 0.5) is 4.79 Å². The zero-order chi connectivity index (χ0) is 15.7. The normalized spacial score (nSPS) is 29.4. The molecule has 1 saturated heterocycles. The summed E-state index contributed by atoms with van der Waals surface area (Å²) in [6.45, 7) is 0.346. The minimum Gasteiger partial charge on any atom is -0.480 e. The van der Waals surface area contributed by atoms with Crippen molar-refractivity contribution < 1.29 is 24.5 Å². The van der Waals surface area contributed by atoms with Crippen LogP contribution in [0.3, 0.4) is 0 Å². The smallest absolute Gasteiger partial charge is 0.410 e. The highest BCUT2D eigenvalue weighted by Crippen LogP contribution is 2.38. The number of ether oxygens (including phenoxy) is 1. The summed E-state index contributed by atoms with van der Waals surface area (Å²) in [5.74, 6) is -1.76. The first-order valence-corrected chi connectivity index (χ1v) is 7.14. The number of fused-ring (bicyclic) bond motifs is 1. The number of carboxylic acids is 1. The van der Waals surface area contributed by atoms with Gasteiger partial charge in [-0.25, -0.2) is 9.59 Å². The van der Waals surface area contributed by atoms with Gasteiger partial charge >= 0.3 is 12.1 Å². The van der Waals surface area contributed by atoms with Crippen LogP contribution in [0.15, 0.2) is 42.5 Å². The number of likely N-dealkylation sites (tertiary alicyclic amines) is 1. The maximum atomic E-state index is 12.2. The topological polar surface area (TPSA) is 87.1 Å². The van der Waals surface area contributed by atoms with E-state index >= 15 is 0 Å². The molecular weight excluding hydrogens is 286 g/mol. The molecule has 2 aliphatic rings. The molecule has 4 atom stereocenters. The molecule has 0 spiro atoms. The van der Waals surface area contributed by atoms with Crippen molar-refractivity contribution in [2.24, 2.45) is 11.8 Å². The van der Waals surface area contributed by atoms with E-state index in [1.807, 2.05) is 30.3 Å². The number of hydrogen-bond acceptors (Lipinski definition) is 4. The first-order chi connectivity index (χ1) is 10.6. The molecule has 3 rings (SSSR count). The molecule has 116 valence electrons. The maximum absolute atomic E-state index is 12.2. The van der Waals surface area contributed by atoms with Crippen molar-refractivity contribution in [3.05, 3.63) is 48.0 Å². The van der Waals surface area contributed by atoms with Crippen LogP contribution in [0, 0.1) is 11.8 Å². The fourth-order valence-corrected chi connectivity index (χ4v) is 3.21. The van der Waals surface area contributed by atoms with Gasteiger partial charge in [-0.3, -0.25) is 4.90 Å². The predicted octanol–water partition coefficient (Wildman–Crippen LogP) is 1.26. The number of rotatable bonds is 3. The predicted molar refractivity (Wildman–Crippen MR) is 76.9 cm³/mol. The molecule has 6 nitrogen and oxygen atoms in total. The van der Waals surface area contributed by atoms with Crippen LogP contribution in [0.1, 0.15) is 5.56 Å². The molecule has 1 aromatic carbocycles. The second-order valence-corrected chi connectivity index (χ2v) is 5.59. The molecule has 0 radical (unpaired) electrons. The highest BCUT2D eigenvalue weighted by Gasteiger charge is 2.52. The average molecular weight is 303 g/mol. The zero-order valence-electron chi connectivity index (χ0n) is 11.8. The van der Waals surface area contributed by atoms with Gasteiger partial charge in [-0.1, -0.05) is 42.5 Å². The van der Waals surface area contributed by atoms with Gasteiger partial charge < -0.3 is 14.9 Å². The van der Waals surface area contributed by atoms with Crippen LogP contribution in [-0.2, 0) is 16.1 Å². The Labute approximate surface area is 127 Å². The Morgan fingerprint density at radius 3 is 2.64 bits per heavy atom. The van der Waals surface area contributed by atoms with E-state index < -0.39 is 30.1 Å². The fourth-order valence-electron chi connectivity index (χ4n) is 3.21. The summed E-state index contributed by atoms with van der Waals surface area (Å²) in [6, 6.07) is 8.13. The van der Waals surface area contributed by atoms with E-state index in [9.17, 15) is 19.8 Å². The quantitative estimate of drug-likeness (QED) is 0.821. The lowest BCUT2D eigenvalue weighted by Crippen LogP contribution is -2.45. The Morgan fingerprint density at radius 2 is 1.95 bits per heavy atom. The lowest BCUT2D eigenvalue weighted by atomic mass is 9.91. The summed E-state index contributed by atoms with van der Waals surface area (Å²) in [7, 11) is 0. The molecular formula is C16H17NO5. The fraction of sp³-hybridized carbons (Fsp3) is 0.375. The van der Waals surface area contributed by atoms with Gasteiger partial charge in [-0.15, -0.1) is 0 Å². The van der Waals surface area contributed by atoms with Crippen molar-refractivity contribution >= 4 is 12.1 Å². The molecule has 1 aromatic rings. The number of hydrogen-bond donors (Lipinski definition) is 2. The van der Waals surface area contributed by atoms with E-state index in [1.165, 1.54) is 4.90 Å². The molecule has 1 fully saturated rings. The standard InChI is InChI=1S/C16H17NO5/c18-12-7-6-11-8-17(14(13(11)12)15(19)20)16(21)22-9-10-4-2-1-3-5-10/h1-7,11-14,18H,8-9H2,(H,19,20). The van der Waals surface area contributed by atoms with Crippen molar-refractivity contribution in [2.45, 2.75) is 18.8 Å². The maximum Gasteiger partial charge on any atom is 0.410 e. The molecule has 1 aliphatic heterocycles. The first-order valence-electron chi connectivity index (χ1n) is 7.14. The number of nitrogens with zero attached hydrogens (tertiary/aromatic N) is 1. The Kier molecular flexibility index (Phi) is 3.85. The number of aliphatic carboxylic acids is 1. The second kappa shape index (κ2) is 5.81. The van der Waals surface area contributed by atoms with Crippen molar-refractivity contribution in [3.8, 4) is 0 Å². The van der Waals surface area contributed by atoms with Crippen LogP contribution in [0.2, 0.25) is 0 Å². The van der Waals surface area contributed by atoms with E-state index in [4.69, 9.17) is 4.74 Å². The Morgan fingerprint density at radius 1 is 1.23 bits per heavy atom. The molecule has 1 heterocycles. The van der Waals surface area contributed by atoms with Gasteiger partial charge in [0.2, 0.25) is 0 Å². The average Bonchev–Trinajstić information content (AvgIpc) is 3.06. The number of benzene rings is 1. The van der Waals surface area contributed by atoms with Crippen LogP contribution in [0.5, 0.6) is 0 Å². The molecule has 0 bridgehead atoms. The van der Waals surface area contributed by atoms with Crippen LogP contribution >= 0.6 is 0 Å². The van der Waals surface area contributed by atoms with Crippen LogP contribution < -0.4 is 0 Å². The summed E-state index contributed by atoms with van der Waals surface area (Å²) in [5.41, 5.74) is 0.835. The number of carboxylic acid groups (broad SMARTS) is 1. The Hall–Kier alpha value is -2.34. The number of aliphatic hydroxyl groups is 1. The van der Waals surface area contributed by atoms with Crippen molar-refractivity contribution in [1.82, 2.24) is 4.90 Å². The van der Waals surface area contributed by atoms with Gasteiger partial charge in [0.15, 0.2) is 0 Å². The SMILES string of the molecule is O=C(O)C1C2C(O)C=CC2CN1C(=O)OCc1ccccc1. The van der Waals surface area contributed by atoms with Gasteiger partial charge in [-0.2, -0.15) is 0 Å². The minimum atomic E-state index is -1.12. The van der Waals surface area contributed by atoms with Crippen LogP contribution in [-0.4, -0.2) is 45.9 Å². The van der Waals surface area contributed by atoms with Gasteiger partial charge in [0.1, 0.15) is 12.6 Å². The summed E-state index contributed by atoms with van der Waals surface area (Å²) in [6.07, 6.45) is 1.87. The highest BCUT2D eigenvalue weighted by atomic mass is 16.6. The summed E-state index contributed by atoms with van der Waals surface area (Å²) < 4.78 is 5.21. The van der Waals surface area contributed by atoms with E-state index in [0.717, 1.165) is 5.56 Å². The Balaban J connectivity index is 1.69. The van der Waals surface area contributed by atoms with Crippen molar-refractivity contribution in [2.75, 3.05) is 6.54 Å². The Bertz CT molecular complexity index is 600. The molecule has 1 aliphatic carbocycles. The summed E-state index contributed by atoms with van der Waals surface area (Å²) in [4.78, 5) is 24.9. The number of amides is 1. The third kappa shape index (κ3) is 2.57. The minimum absolute atomic E-state index is 0.0935. The van der Waals surface area contributed by atoms with E-state index in [-0.39, 0.29) is 19.1 Å². The largest absolute Gasteiger partial charge is 0.480 e. The third-order valence-electron chi connectivity index (χ3n) is 4.24. The molecule has 1 amide bonds. The molecule has 0 aromatic heterocycles. The molecule has 0 saturated carbocycles. The first kappa shape index (κ1) is 14.6.